The summed E-state index contributed by atoms with van der Waals surface area (Å²) in [7, 11) is 0. The summed E-state index contributed by atoms with van der Waals surface area (Å²) < 4.78 is 0. The van der Waals surface area contributed by atoms with Crippen molar-refractivity contribution in [2.24, 2.45) is 46.3 Å². The highest BCUT2D eigenvalue weighted by atomic mass is 16.4. The third kappa shape index (κ3) is 3.72. The van der Waals surface area contributed by atoms with E-state index in [4.69, 9.17) is 0 Å². The molecule has 0 bridgehead atoms. The van der Waals surface area contributed by atoms with Crippen LogP contribution < -0.4 is 0 Å². The second-order valence-electron chi connectivity index (χ2n) is 13.1. The van der Waals surface area contributed by atoms with Gasteiger partial charge in [-0.2, -0.15) is 0 Å². The maximum atomic E-state index is 12.3. The van der Waals surface area contributed by atoms with Gasteiger partial charge in [-0.15, -0.1) is 0 Å². The summed E-state index contributed by atoms with van der Waals surface area (Å²) in [5.74, 6) is -1.28. The molecule has 4 fully saturated rings. The monoisotopic (exact) mass is 484 g/mol. The van der Waals surface area contributed by atoms with Gasteiger partial charge < -0.3 is 35.7 Å². The highest BCUT2D eigenvalue weighted by Crippen LogP contribution is 2.69. The molecule has 4 rings (SSSR count). The summed E-state index contributed by atoms with van der Waals surface area (Å²) in [4.78, 5) is 0. The van der Waals surface area contributed by atoms with Crippen molar-refractivity contribution in [2.75, 3.05) is 6.61 Å². The molecule has 0 aliphatic heterocycles. The quantitative estimate of drug-likeness (QED) is 0.302. The fourth-order valence-corrected chi connectivity index (χ4v) is 9.52. The molecule has 4 aliphatic rings. The molecule has 0 heterocycles. The summed E-state index contributed by atoms with van der Waals surface area (Å²) in [5.41, 5.74) is -2.74. The number of aliphatic hydroxyl groups excluding tert-OH is 6. The van der Waals surface area contributed by atoms with Crippen molar-refractivity contribution in [3.05, 3.63) is 0 Å². The molecule has 0 saturated heterocycles. The van der Waals surface area contributed by atoms with Crippen LogP contribution in [0.5, 0.6) is 0 Å². The molecule has 14 atom stereocenters. The van der Waals surface area contributed by atoms with Gasteiger partial charge in [0.05, 0.1) is 24.4 Å². The fraction of sp³-hybridized carbons (Fsp3) is 1.00. The lowest BCUT2D eigenvalue weighted by atomic mass is 9.41. The lowest BCUT2D eigenvalue weighted by molar-refractivity contribution is -0.309. The normalized spacial score (nSPS) is 54.6. The van der Waals surface area contributed by atoms with E-state index in [0.29, 0.717) is 25.7 Å². The summed E-state index contributed by atoms with van der Waals surface area (Å²) in [5, 5.41) is 77.2. The first-order chi connectivity index (χ1) is 15.8. The van der Waals surface area contributed by atoms with Gasteiger partial charge >= 0.3 is 0 Å². The van der Waals surface area contributed by atoms with Gasteiger partial charge in [-0.1, -0.05) is 40.5 Å². The average molecular weight is 485 g/mol. The maximum absolute atomic E-state index is 12.3. The largest absolute Gasteiger partial charge is 0.396 e. The molecule has 0 spiro atoms. The van der Waals surface area contributed by atoms with E-state index < -0.39 is 52.9 Å². The van der Waals surface area contributed by atoms with Crippen LogP contribution >= 0.6 is 0 Å². The predicted octanol–water partition coefficient (Wildman–Crippen LogP) is 1.44. The third-order valence-corrected chi connectivity index (χ3v) is 11.2. The zero-order valence-corrected chi connectivity index (χ0v) is 21.3. The molecule has 14 unspecified atom stereocenters. The molecule has 0 aromatic heterocycles. The van der Waals surface area contributed by atoms with Crippen molar-refractivity contribution in [3.63, 3.8) is 0 Å². The summed E-state index contributed by atoms with van der Waals surface area (Å²) >= 11 is 0. The maximum Gasteiger partial charge on any atom is 0.109 e. The highest BCUT2D eigenvalue weighted by Gasteiger charge is 2.75. The molecule has 198 valence electrons. The van der Waals surface area contributed by atoms with Gasteiger partial charge in [0, 0.05) is 12.5 Å². The molecule has 0 radical (unpaired) electrons. The SMILES string of the molecule is CC(CO)CCCC(C)C1C(O)C(O)C2C1(C)CCC1C3(C)CCC(O)CC3C(O)C(O)C12O. The van der Waals surface area contributed by atoms with Crippen molar-refractivity contribution in [1.29, 1.82) is 0 Å². The Morgan fingerprint density at radius 2 is 1.50 bits per heavy atom. The van der Waals surface area contributed by atoms with Gasteiger partial charge in [0.1, 0.15) is 11.7 Å². The summed E-state index contributed by atoms with van der Waals surface area (Å²) in [6.07, 6.45) is 0.370. The van der Waals surface area contributed by atoms with E-state index >= 15 is 0 Å². The minimum Gasteiger partial charge on any atom is -0.396 e. The molecular formula is C27H48O7. The van der Waals surface area contributed by atoms with Crippen LogP contribution in [-0.2, 0) is 0 Å². The zero-order valence-electron chi connectivity index (χ0n) is 21.3. The van der Waals surface area contributed by atoms with E-state index in [2.05, 4.69) is 13.8 Å². The fourth-order valence-electron chi connectivity index (χ4n) is 9.52. The summed E-state index contributed by atoms with van der Waals surface area (Å²) in [6, 6.07) is 0. The number of hydrogen-bond acceptors (Lipinski definition) is 7. The smallest absolute Gasteiger partial charge is 0.109 e. The molecule has 7 N–H and O–H groups in total. The molecule has 0 aromatic rings. The predicted molar refractivity (Wildman–Crippen MR) is 128 cm³/mol. The molecule has 0 amide bonds. The zero-order chi connectivity index (χ0) is 25.2. The molecular weight excluding hydrogens is 436 g/mol. The van der Waals surface area contributed by atoms with Gasteiger partial charge in [-0.25, -0.2) is 0 Å². The Labute approximate surface area is 204 Å². The molecule has 4 aliphatic carbocycles. The van der Waals surface area contributed by atoms with Crippen LogP contribution in [0.4, 0.5) is 0 Å². The van der Waals surface area contributed by atoms with E-state index in [1.54, 1.807) is 0 Å². The van der Waals surface area contributed by atoms with E-state index in [0.717, 1.165) is 25.7 Å². The Balaban J connectivity index is 1.66. The highest BCUT2D eigenvalue weighted by molar-refractivity contribution is 5.24. The first-order valence-electron chi connectivity index (χ1n) is 13.6. The van der Waals surface area contributed by atoms with Crippen LogP contribution in [0.2, 0.25) is 0 Å². The van der Waals surface area contributed by atoms with Gasteiger partial charge in [0.25, 0.3) is 0 Å². The van der Waals surface area contributed by atoms with Gasteiger partial charge in [0.2, 0.25) is 0 Å². The second kappa shape index (κ2) is 9.23. The van der Waals surface area contributed by atoms with Crippen molar-refractivity contribution < 1.29 is 35.7 Å². The first-order valence-corrected chi connectivity index (χ1v) is 13.6. The van der Waals surface area contributed by atoms with Crippen LogP contribution in [0.3, 0.4) is 0 Å². The van der Waals surface area contributed by atoms with Crippen LogP contribution in [0, 0.1) is 46.3 Å². The van der Waals surface area contributed by atoms with E-state index in [9.17, 15) is 35.7 Å². The minimum absolute atomic E-state index is 0.101. The van der Waals surface area contributed by atoms with Crippen molar-refractivity contribution >= 4 is 0 Å². The number of hydrogen-bond donors (Lipinski definition) is 7. The molecule has 0 aromatic carbocycles. The molecule has 34 heavy (non-hydrogen) atoms. The minimum atomic E-state index is -1.71. The van der Waals surface area contributed by atoms with Crippen molar-refractivity contribution in [3.8, 4) is 0 Å². The van der Waals surface area contributed by atoms with Gasteiger partial charge in [-0.3, -0.25) is 0 Å². The van der Waals surface area contributed by atoms with Crippen molar-refractivity contribution in [1.82, 2.24) is 0 Å². The Bertz CT molecular complexity index is 734. The lowest BCUT2D eigenvalue weighted by Gasteiger charge is -2.67. The van der Waals surface area contributed by atoms with Crippen LogP contribution in [0.25, 0.3) is 0 Å². The molecule has 4 saturated carbocycles. The number of fused-ring (bicyclic) bond motifs is 5. The Kier molecular flexibility index (Phi) is 7.27. The lowest BCUT2D eigenvalue weighted by Crippen LogP contribution is -2.75. The van der Waals surface area contributed by atoms with Gasteiger partial charge in [-0.05, 0) is 78.9 Å². The van der Waals surface area contributed by atoms with Gasteiger partial charge in [0.15, 0.2) is 0 Å². The second-order valence-corrected chi connectivity index (χ2v) is 13.1. The Hall–Kier alpha value is -0.280. The molecule has 7 heteroatoms. The van der Waals surface area contributed by atoms with E-state index in [1.807, 2.05) is 13.8 Å². The van der Waals surface area contributed by atoms with E-state index in [-0.39, 0.29) is 36.2 Å². The first kappa shape index (κ1) is 26.8. The average Bonchev–Trinajstić information content (AvgIpc) is 2.99. The topological polar surface area (TPSA) is 142 Å². The Morgan fingerprint density at radius 3 is 2.15 bits per heavy atom. The van der Waals surface area contributed by atoms with Crippen LogP contribution in [0.15, 0.2) is 0 Å². The van der Waals surface area contributed by atoms with Crippen LogP contribution in [-0.4, -0.2) is 78.5 Å². The molecule has 7 nitrogen and oxygen atoms in total. The van der Waals surface area contributed by atoms with Crippen LogP contribution in [0.1, 0.15) is 79.1 Å². The number of rotatable bonds is 6. The van der Waals surface area contributed by atoms with Crippen molar-refractivity contribution in [2.45, 2.75) is 115 Å². The number of aliphatic hydroxyl groups is 7. The van der Waals surface area contributed by atoms with E-state index in [1.165, 1.54) is 0 Å². The summed E-state index contributed by atoms with van der Waals surface area (Å²) in [6.45, 7) is 8.38. The third-order valence-electron chi connectivity index (χ3n) is 11.2. The Morgan fingerprint density at radius 1 is 0.853 bits per heavy atom. The standard InChI is InChI=1S/C27H48O7/c1-14(13-28)6-5-7-15(2)19-21(31)22(32)23-26(19,4)11-9-18-25(3)10-8-16(29)12-17(25)20(30)24(33)27(18,23)34/h14-24,28-34H,5-13H2,1-4H3.